The van der Waals surface area contributed by atoms with Crippen molar-refractivity contribution < 1.29 is 24.2 Å². The summed E-state index contributed by atoms with van der Waals surface area (Å²) in [6.07, 6.45) is 0.356. The number of fused-ring (bicyclic) bond motifs is 1. The number of Topliss-reactive ketones (excluding diaryl/α,β-unsaturated/α-hetero) is 1. The number of esters is 1. The number of ketones is 1. The highest BCUT2D eigenvalue weighted by Crippen LogP contribution is 2.29. The predicted molar refractivity (Wildman–Crippen MR) is 90.7 cm³/mol. The maximum Gasteiger partial charge on any atom is 0.326 e. The molecular formula is C18H14ClNO5. The Labute approximate surface area is 148 Å². The van der Waals surface area contributed by atoms with Gasteiger partial charge < -0.3 is 15.2 Å². The molecule has 0 fully saturated rings. The minimum Gasteiger partial charge on any atom is -0.508 e. The Hall–Kier alpha value is -2.86. The van der Waals surface area contributed by atoms with Gasteiger partial charge in [0, 0.05) is 17.0 Å². The number of nitrogens with one attached hydrogen (secondary N) is 1. The summed E-state index contributed by atoms with van der Waals surface area (Å²) in [7, 11) is 0. The topological polar surface area (TPSA) is 92.7 Å². The summed E-state index contributed by atoms with van der Waals surface area (Å²) in [5.41, 5.74) is 1.28. The molecule has 1 unspecified atom stereocenters. The normalized spacial score (nSPS) is 16.1. The van der Waals surface area contributed by atoms with E-state index < -0.39 is 23.6 Å². The summed E-state index contributed by atoms with van der Waals surface area (Å²) in [5.74, 6) is -3.66. The quantitative estimate of drug-likeness (QED) is 0.646. The Morgan fingerprint density at radius 2 is 2.00 bits per heavy atom. The minimum absolute atomic E-state index is 0.00712. The Kier molecular flexibility index (Phi) is 4.72. The van der Waals surface area contributed by atoms with Crippen LogP contribution in [0.1, 0.15) is 15.9 Å². The first-order chi connectivity index (χ1) is 12.0. The van der Waals surface area contributed by atoms with E-state index >= 15 is 0 Å². The molecule has 1 heterocycles. The maximum absolute atomic E-state index is 12.4. The molecular weight excluding hydrogens is 346 g/mol. The van der Waals surface area contributed by atoms with Crippen molar-refractivity contribution >= 4 is 34.9 Å². The van der Waals surface area contributed by atoms with Crippen molar-refractivity contribution in [2.45, 2.75) is 6.42 Å². The van der Waals surface area contributed by atoms with Crippen LogP contribution in [0.5, 0.6) is 5.75 Å². The largest absolute Gasteiger partial charge is 0.508 e. The van der Waals surface area contributed by atoms with E-state index in [9.17, 15) is 19.5 Å². The zero-order chi connectivity index (χ0) is 18.0. The number of anilines is 1. The summed E-state index contributed by atoms with van der Waals surface area (Å²) in [6.45, 7) is -0.00712. The third-order valence-electron chi connectivity index (χ3n) is 3.81. The molecule has 1 aliphatic heterocycles. The first-order valence-corrected chi connectivity index (χ1v) is 7.92. The van der Waals surface area contributed by atoms with Crippen LogP contribution in [0.3, 0.4) is 0 Å². The van der Waals surface area contributed by atoms with Gasteiger partial charge in [-0.2, -0.15) is 0 Å². The Bertz CT molecular complexity index is 864. The van der Waals surface area contributed by atoms with Crippen molar-refractivity contribution in [3.05, 3.63) is 58.6 Å². The standard InChI is InChI=1S/C18H14ClNO5/c19-11-4-5-13-14(9-11)20-17(23)15(16(13)22)18(24)25-7-6-10-2-1-3-12(21)8-10/h1-5,8-9,15,21H,6-7H2,(H,20,23). The molecule has 0 aliphatic carbocycles. The fourth-order valence-electron chi connectivity index (χ4n) is 2.59. The van der Waals surface area contributed by atoms with Crippen LogP contribution in [0.25, 0.3) is 0 Å². The highest BCUT2D eigenvalue weighted by Gasteiger charge is 2.40. The van der Waals surface area contributed by atoms with Crippen molar-refractivity contribution in [3.8, 4) is 5.75 Å². The number of ether oxygens (including phenoxy) is 1. The first kappa shape index (κ1) is 17.0. The molecule has 2 aromatic carbocycles. The monoisotopic (exact) mass is 359 g/mol. The number of aromatic hydroxyl groups is 1. The van der Waals surface area contributed by atoms with E-state index in [1.165, 1.54) is 24.3 Å². The zero-order valence-corrected chi connectivity index (χ0v) is 13.7. The van der Waals surface area contributed by atoms with Gasteiger partial charge in [-0.15, -0.1) is 0 Å². The lowest BCUT2D eigenvalue weighted by atomic mass is 9.92. The van der Waals surface area contributed by atoms with Gasteiger partial charge in [-0.1, -0.05) is 23.7 Å². The lowest BCUT2D eigenvalue weighted by Gasteiger charge is -2.22. The predicted octanol–water partition coefficient (Wildman–Crippen LogP) is 2.58. The molecule has 1 amide bonds. The number of carbonyl (C=O) groups excluding carboxylic acids is 3. The molecule has 7 heteroatoms. The zero-order valence-electron chi connectivity index (χ0n) is 13.0. The molecule has 3 rings (SSSR count). The molecule has 0 bridgehead atoms. The van der Waals surface area contributed by atoms with Gasteiger partial charge in [-0.25, -0.2) is 0 Å². The number of amides is 1. The van der Waals surface area contributed by atoms with E-state index in [1.54, 1.807) is 18.2 Å². The van der Waals surface area contributed by atoms with Gasteiger partial charge >= 0.3 is 5.97 Å². The molecule has 0 saturated carbocycles. The van der Waals surface area contributed by atoms with Crippen LogP contribution in [-0.4, -0.2) is 29.4 Å². The smallest absolute Gasteiger partial charge is 0.326 e. The fraction of sp³-hybridized carbons (Fsp3) is 0.167. The number of phenols is 1. The van der Waals surface area contributed by atoms with Crippen LogP contribution in [-0.2, 0) is 20.7 Å². The van der Waals surface area contributed by atoms with E-state index in [0.717, 1.165) is 5.56 Å². The third-order valence-corrected chi connectivity index (χ3v) is 4.05. The lowest BCUT2D eigenvalue weighted by Crippen LogP contribution is -2.41. The average molecular weight is 360 g/mol. The van der Waals surface area contributed by atoms with Crippen LogP contribution in [0.15, 0.2) is 42.5 Å². The van der Waals surface area contributed by atoms with E-state index in [-0.39, 0.29) is 23.6 Å². The number of halogens is 1. The molecule has 128 valence electrons. The third kappa shape index (κ3) is 3.64. The summed E-state index contributed by atoms with van der Waals surface area (Å²) in [6, 6.07) is 11.0. The van der Waals surface area contributed by atoms with Gasteiger partial charge in [-0.05, 0) is 35.9 Å². The molecule has 1 atom stereocenters. The lowest BCUT2D eigenvalue weighted by molar-refractivity contribution is -0.149. The molecule has 25 heavy (non-hydrogen) atoms. The summed E-state index contributed by atoms with van der Waals surface area (Å²) in [4.78, 5) is 36.7. The average Bonchev–Trinajstić information content (AvgIpc) is 2.54. The summed E-state index contributed by atoms with van der Waals surface area (Å²) >= 11 is 5.84. The van der Waals surface area contributed by atoms with Gasteiger partial charge in [0.25, 0.3) is 0 Å². The van der Waals surface area contributed by atoms with Gasteiger partial charge in [0.15, 0.2) is 11.7 Å². The van der Waals surface area contributed by atoms with Crippen LogP contribution in [0, 0.1) is 5.92 Å². The SMILES string of the molecule is O=C1Nc2cc(Cl)ccc2C(=O)C1C(=O)OCCc1cccc(O)c1. The molecule has 0 saturated heterocycles. The van der Waals surface area contributed by atoms with Crippen molar-refractivity contribution in [3.63, 3.8) is 0 Å². The van der Waals surface area contributed by atoms with Crippen molar-refractivity contribution in [2.24, 2.45) is 5.92 Å². The van der Waals surface area contributed by atoms with Crippen LogP contribution in [0.2, 0.25) is 5.02 Å². The maximum atomic E-state index is 12.4. The second kappa shape index (κ2) is 6.94. The molecule has 2 aromatic rings. The molecule has 0 spiro atoms. The van der Waals surface area contributed by atoms with E-state index in [2.05, 4.69) is 5.32 Å². The Morgan fingerprint density at radius 3 is 2.76 bits per heavy atom. The van der Waals surface area contributed by atoms with Gasteiger partial charge in [0.2, 0.25) is 5.91 Å². The second-order valence-electron chi connectivity index (χ2n) is 5.56. The van der Waals surface area contributed by atoms with Gasteiger partial charge in [0.05, 0.1) is 12.3 Å². The number of hydrogen-bond acceptors (Lipinski definition) is 5. The van der Waals surface area contributed by atoms with Crippen LogP contribution < -0.4 is 5.32 Å². The van der Waals surface area contributed by atoms with Crippen molar-refractivity contribution in [1.29, 1.82) is 0 Å². The van der Waals surface area contributed by atoms with Crippen molar-refractivity contribution in [2.75, 3.05) is 11.9 Å². The second-order valence-corrected chi connectivity index (χ2v) is 6.00. The molecule has 0 aromatic heterocycles. The molecule has 6 nitrogen and oxygen atoms in total. The van der Waals surface area contributed by atoms with Crippen molar-refractivity contribution in [1.82, 2.24) is 0 Å². The highest BCUT2D eigenvalue weighted by atomic mass is 35.5. The summed E-state index contributed by atoms with van der Waals surface area (Å²) in [5, 5.41) is 12.3. The van der Waals surface area contributed by atoms with E-state index in [4.69, 9.17) is 16.3 Å². The van der Waals surface area contributed by atoms with Crippen LogP contribution >= 0.6 is 11.6 Å². The number of carbonyl (C=O) groups is 3. The molecule has 2 N–H and O–H groups in total. The highest BCUT2D eigenvalue weighted by molar-refractivity contribution is 6.33. The fourth-order valence-corrected chi connectivity index (χ4v) is 2.77. The number of phenolic OH excluding ortho intramolecular Hbond substituents is 1. The van der Waals surface area contributed by atoms with E-state index in [1.807, 2.05) is 0 Å². The summed E-state index contributed by atoms with van der Waals surface area (Å²) < 4.78 is 5.08. The first-order valence-electron chi connectivity index (χ1n) is 7.55. The number of rotatable bonds is 4. The minimum atomic E-state index is -1.53. The molecule has 0 radical (unpaired) electrons. The van der Waals surface area contributed by atoms with Gasteiger partial charge in [-0.3, -0.25) is 14.4 Å². The van der Waals surface area contributed by atoms with Gasteiger partial charge in [0.1, 0.15) is 5.75 Å². The van der Waals surface area contributed by atoms with E-state index in [0.29, 0.717) is 11.4 Å². The number of hydrogen-bond donors (Lipinski definition) is 2. The Morgan fingerprint density at radius 1 is 1.20 bits per heavy atom. The number of benzene rings is 2. The Balaban J connectivity index is 1.66. The molecule has 1 aliphatic rings. The van der Waals surface area contributed by atoms with Crippen LogP contribution in [0.4, 0.5) is 5.69 Å².